The Morgan fingerprint density at radius 1 is 1.05 bits per heavy atom. The van der Waals surface area contributed by atoms with Crippen molar-refractivity contribution in [2.24, 2.45) is 0 Å². The number of benzene rings is 2. The molecule has 0 aromatic heterocycles. The van der Waals surface area contributed by atoms with E-state index in [0.717, 1.165) is 28.4 Å². The van der Waals surface area contributed by atoms with E-state index < -0.39 is 6.10 Å². The Bertz CT molecular complexity index is 610. The number of aliphatic hydroxyl groups is 1. The summed E-state index contributed by atoms with van der Waals surface area (Å²) in [6, 6.07) is 11.7. The van der Waals surface area contributed by atoms with Gasteiger partial charge in [0.15, 0.2) is 0 Å². The van der Waals surface area contributed by atoms with E-state index in [4.69, 9.17) is 11.6 Å². The lowest BCUT2D eigenvalue weighted by atomic mass is 9.95. The van der Waals surface area contributed by atoms with Crippen molar-refractivity contribution in [2.45, 2.75) is 32.8 Å². The monoisotopic (exact) mass is 352 g/mol. The van der Waals surface area contributed by atoms with Crippen LogP contribution >= 0.6 is 27.5 Å². The highest BCUT2D eigenvalue weighted by molar-refractivity contribution is 9.10. The second-order valence-corrected chi connectivity index (χ2v) is 6.09. The molecule has 0 spiro atoms. The maximum absolute atomic E-state index is 10.6. The van der Waals surface area contributed by atoms with E-state index >= 15 is 0 Å². The van der Waals surface area contributed by atoms with Gasteiger partial charge in [-0.15, -0.1) is 0 Å². The van der Waals surface area contributed by atoms with E-state index in [2.05, 4.69) is 41.9 Å². The van der Waals surface area contributed by atoms with E-state index in [0.29, 0.717) is 5.02 Å². The summed E-state index contributed by atoms with van der Waals surface area (Å²) in [5.41, 5.74) is 4.40. The molecule has 2 aromatic carbocycles. The molecule has 1 atom stereocenters. The van der Waals surface area contributed by atoms with Gasteiger partial charge < -0.3 is 5.11 Å². The van der Waals surface area contributed by atoms with Crippen molar-refractivity contribution in [3.8, 4) is 0 Å². The van der Waals surface area contributed by atoms with Crippen molar-refractivity contribution < 1.29 is 5.11 Å². The van der Waals surface area contributed by atoms with Crippen LogP contribution in [0.5, 0.6) is 0 Å². The lowest BCUT2D eigenvalue weighted by molar-refractivity contribution is 0.219. The van der Waals surface area contributed by atoms with E-state index in [9.17, 15) is 5.11 Å². The van der Waals surface area contributed by atoms with Crippen molar-refractivity contribution in [1.82, 2.24) is 0 Å². The van der Waals surface area contributed by atoms with Crippen LogP contribution in [0.15, 0.2) is 40.9 Å². The predicted octanol–water partition coefficient (Wildman–Crippen LogP) is 5.31. The molecule has 0 aliphatic carbocycles. The minimum atomic E-state index is -0.641. The summed E-state index contributed by atoms with van der Waals surface area (Å²) in [5, 5.41) is 11.2. The second kappa shape index (κ2) is 6.75. The molecule has 1 N–H and O–H groups in total. The van der Waals surface area contributed by atoms with Crippen LogP contribution in [-0.2, 0) is 12.8 Å². The van der Waals surface area contributed by atoms with Crippen LogP contribution in [0.3, 0.4) is 0 Å². The minimum Gasteiger partial charge on any atom is -0.384 e. The molecule has 106 valence electrons. The lowest BCUT2D eigenvalue weighted by Gasteiger charge is -2.16. The molecule has 1 nitrogen and oxygen atoms in total. The van der Waals surface area contributed by atoms with Crippen LogP contribution in [0.25, 0.3) is 0 Å². The van der Waals surface area contributed by atoms with Crippen LogP contribution in [0.1, 0.15) is 42.2 Å². The first-order valence-corrected chi connectivity index (χ1v) is 7.98. The molecule has 2 rings (SSSR count). The lowest BCUT2D eigenvalue weighted by Crippen LogP contribution is -2.03. The smallest absolute Gasteiger partial charge is 0.105 e. The Labute approximate surface area is 133 Å². The van der Waals surface area contributed by atoms with Gasteiger partial charge in [-0.1, -0.05) is 65.6 Å². The normalized spacial score (nSPS) is 12.4. The SMILES string of the molecule is CCc1ccc(C(O)c2ccc(Cl)cc2Br)cc1CC. The molecule has 0 amide bonds. The van der Waals surface area contributed by atoms with Gasteiger partial charge in [0.25, 0.3) is 0 Å². The summed E-state index contributed by atoms with van der Waals surface area (Å²) in [6.07, 6.45) is 1.35. The van der Waals surface area contributed by atoms with Gasteiger partial charge in [0.1, 0.15) is 6.10 Å². The van der Waals surface area contributed by atoms with Crippen LogP contribution in [0.4, 0.5) is 0 Å². The average Bonchev–Trinajstić information content (AvgIpc) is 2.45. The molecular weight excluding hydrogens is 336 g/mol. The summed E-state index contributed by atoms with van der Waals surface area (Å²) in [4.78, 5) is 0. The van der Waals surface area contributed by atoms with Gasteiger partial charge in [-0.05, 0) is 47.2 Å². The van der Waals surface area contributed by atoms with Gasteiger partial charge in [-0.3, -0.25) is 0 Å². The van der Waals surface area contributed by atoms with Gasteiger partial charge in [-0.2, -0.15) is 0 Å². The van der Waals surface area contributed by atoms with E-state index in [1.54, 1.807) is 12.1 Å². The number of hydrogen-bond donors (Lipinski definition) is 1. The topological polar surface area (TPSA) is 20.2 Å². The van der Waals surface area contributed by atoms with Crippen molar-refractivity contribution in [3.05, 3.63) is 68.1 Å². The van der Waals surface area contributed by atoms with Crippen LogP contribution in [0.2, 0.25) is 5.02 Å². The van der Waals surface area contributed by atoms with Gasteiger partial charge in [0.2, 0.25) is 0 Å². The first kappa shape index (κ1) is 15.6. The molecule has 0 fully saturated rings. The largest absolute Gasteiger partial charge is 0.384 e. The Balaban J connectivity index is 2.40. The third-order valence-electron chi connectivity index (χ3n) is 3.56. The third kappa shape index (κ3) is 3.25. The zero-order valence-electron chi connectivity index (χ0n) is 11.7. The minimum absolute atomic E-state index is 0.641. The fourth-order valence-electron chi connectivity index (χ4n) is 2.39. The summed E-state index contributed by atoms with van der Waals surface area (Å²) < 4.78 is 0.829. The fourth-order valence-corrected chi connectivity index (χ4v) is 3.29. The molecule has 20 heavy (non-hydrogen) atoms. The molecule has 0 saturated heterocycles. The molecule has 0 aliphatic heterocycles. The first-order valence-electron chi connectivity index (χ1n) is 6.81. The second-order valence-electron chi connectivity index (χ2n) is 4.80. The Hall–Kier alpha value is -0.830. The van der Waals surface area contributed by atoms with Crippen molar-refractivity contribution >= 4 is 27.5 Å². The van der Waals surface area contributed by atoms with Gasteiger partial charge in [0, 0.05) is 9.50 Å². The number of aryl methyl sites for hydroxylation is 2. The highest BCUT2D eigenvalue weighted by atomic mass is 79.9. The van der Waals surface area contributed by atoms with E-state index in [-0.39, 0.29) is 0 Å². The number of aliphatic hydroxyl groups excluding tert-OH is 1. The van der Waals surface area contributed by atoms with Crippen molar-refractivity contribution in [1.29, 1.82) is 0 Å². The Morgan fingerprint density at radius 3 is 2.35 bits per heavy atom. The van der Waals surface area contributed by atoms with Crippen LogP contribution in [-0.4, -0.2) is 5.11 Å². The van der Waals surface area contributed by atoms with Gasteiger partial charge >= 0.3 is 0 Å². The molecular formula is C17H18BrClO. The summed E-state index contributed by atoms with van der Waals surface area (Å²) in [5.74, 6) is 0. The zero-order valence-corrected chi connectivity index (χ0v) is 14.0. The quantitative estimate of drug-likeness (QED) is 0.790. The molecule has 0 bridgehead atoms. The molecule has 0 saturated carbocycles. The van der Waals surface area contributed by atoms with Crippen LogP contribution in [0, 0.1) is 0 Å². The summed E-state index contributed by atoms with van der Waals surface area (Å²) >= 11 is 9.41. The molecule has 0 radical (unpaired) electrons. The summed E-state index contributed by atoms with van der Waals surface area (Å²) in [7, 11) is 0. The number of hydrogen-bond acceptors (Lipinski definition) is 1. The highest BCUT2D eigenvalue weighted by Gasteiger charge is 2.15. The molecule has 0 heterocycles. The van der Waals surface area contributed by atoms with Crippen LogP contribution < -0.4 is 0 Å². The van der Waals surface area contributed by atoms with Crippen molar-refractivity contribution in [2.75, 3.05) is 0 Å². The molecule has 1 unspecified atom stereocenters. The third-order valence-corrected chi connectivity index (χ3v) is 4.49. The van der Waals surface area contributed by atoms with Crippen molar-refractivity contribution in [3.63, 3.8) is 0 Å². The maximum atomic E-state index is 10.6. The highest BCUT2D eigenvalue weighted by Crippen LogP contribution is 2.31. The van der Waals surface area contributed by atoms with E-state index in [1.165, 1.54) is 11.1 Å². The maximum Gasteiger partial charge on any atom is 0.105 e. The Morgan fingerprint density at radius 2 is 1.75 bits per heavy atom. The fraction of sp³-hybridized carbons (Fsp3) is 0.294. The summed E-state index contributed by atoms with van der Waals surface area (Å²) in [6.45, 7) is 4.29. The van der Waals surface area contributed by atoms with E-state index in [1.807, 2.05) is 12.1 Å². The predicted molar refractivity (Wildman–Crippen MR) is 88.4 cm³/mol. The van der Waals surface area contributed by atoms with Gasteiger partial charge in [-0.25, -0.2) is 0 Å². The standard InChI is InChI=1S/C17H18BrClO/c1-3-11-5-6-13(9-12(11)4-2)17(20)15-8-7-14(19)10-16(15)18/h5-10,17,20H,3-4H2,1-2H3. The molecule has 0 aliphatic rings. The van der Waals surface area contributed by atoms with Gasteiger partial charge in [0.05, 0.1) is 0 Å². The zero-order chi connectivity index (χ0) is 14.7. The first-order chi connectivity index (χ1) is 9.56. The number of halogens is 2. The molecule has 2 aromatic rings. The average molecular weight is 354 g/mol. The molecule has 3 heteroatoms. The number of rotatable bonds is 4. The Kier molecular flexibility index (Phi) is 5.25.